The first-order valence-corrected chi connectivity index (χ1v) is 11.9. The minimum Gasteiger partial charge on any atom is -0.480 e. The number of aliphatic carboxylic acids is 1. The van der Waals surface area contributed by atoms with Crippen LogP contribution in [0.15, 0.2) is 12.5 Å². The van der Waals surface area contributed by atoms with Gasteiger partial charge in [-0.15, -0.1) is 0 Å². The van der Waals surface area contributed by atoms with Crippen LogP contribution in [0.2, 0.25) is 0 Å². The summed E-state index contributed by atoms with van der Waals surface area (Å²) in [5.41, 5.74) is 11.2. The molecule has 33 heavy (non-hydrogen) atoms. The Labute approximate surface area is 200 Å². The highest BCUT2D eigenvalue weighted by molar-refractivity contribution is 7.98. The van der Waals surface area contributed by atoms with Crippen LogP contribution >= 0.6 is 24.4 Å². The molecule has 0 aliphatic rings. The first-order valence-electron chi connectivity index (χ1n) is 9.83. The van der Waals surface area contributed by atoms with Crippen molar-refractivity contribution in [3.8, 4) is 0 Å². The van der Waals surface area contributed by atoms with Crippen molar-refractivity contribution in [1.82, 2.24) is 25.9 Å². The lowest BCUT2D eigenvalue weighted by atomic mass is 10.1. The molecule has 0 saturated carbocycles. The summed E-state index contributed by atoms with van der Waals surface area (Å²) < 4.78 is 0. The molecule has 13 nitrogen and oxygen atoms in total. The van der Waals surface area contributed by atoms with Gasteiger partial charge in [0.05, 0.1) is 18.8 Å². The fraction of sp³-hybridized carbons (Fsp3) is 0.556. The molecule has 184 valence electrons. The van der Waals surface area contributed by atoms with E-state index < -0.39 is 60.2 Å². The number of imidazole rings is 1. The average molecular weight is 504 g/mol. The molecular formula is C18H29N7O6S2. The lowest BCUT2D eigenvalue weighted by Crippen LogP contribution is -2.58. The minimum absolute atomic E-state index is 0.0130. The number of hydrogen-bond donors (Lipinski definition) is 8. The van der Waals surface area contributed by atoms with Gasteiger partial charge in [0.2, 0.25) is 23.6 Å². The Morgan fingerprint density at radius 1 is 1.12 bits per heavy atom. The number of carbonyl (C=O) groups is 5. The zero-order chi connectivity index (χ0) is 25.0. The number of hydrogen-bond acceptors (Lipinski definition) is 9. The number of rotatable bonds is 15. The van der Waals surface area contributed by atoms with Crippen LogP contribution in [-0.4, -0.2) is 86.6 Å². The van der Waals surface area contributed by atoms with Crippen LogP contribution in [0.25, 0.3) is 0 Å². The summed E-state index contributed by atoms with van der Waals surface area (Å²) in [6, 6.07) is -4.72. The minimum atomic E-state index is -1.28. The van der Waals surface area contributed by atoms with Crippen molar-refractivity contribution in [2.45, 2.75) is 43.4 Å². The van der Waals surface area contributed by atoms with Crippen LogP contribution in [0.3, 0.4) is 0 Å². The van der Waals surface area contributed by atoms with Crippen LogP contribution in [0.4, 0.5) is 0 Å². The van der Waals surface area contributed by atoms with E-state index in [1.165, 1.54) is 24.3 Å². The van der Waals surface area contributed by atoms with Gasteiger partial charge in [0.1, 0.15) is 18.1 Å². The van der Waals surface area contributed by atoms with Gasteiger partial charge in [-0.2, -0.15) is 24.4 Å². The van der Waals surface area contributed by atoms with Gasteiger partial charge >= 0.3 is 5.97 Å². The molecule has 0 aliphatic carbocycles. The quantitative estimate of drug-likeness (QED) is 0.117. The number of thioether (sulfide) groups is 1. The van der Waals surface area contributed by atoms with Gasteiger partial charge < -0.3 is 37.5 Å². The van der Waals surface area contributed by atoms with Crippen molar-refractivity contribution >= 4 is 54.0 Å². The van der Waals surface area contributed by atoms with Crippen LogP contribution in [0, 0.1) is 0 Å². The molecule has 15 heteroatoms. The smallest absolute Gasteiger partial charge is 0.327 e. The number of carbonyl (C=O) groups excluding carboxylic acids is 4. The van der Waals surface area contributed by atoms with Gasteiger partial charge in [0.15, 0.2) is 0 Å². The van der Waals surface area contributed by atoms with E-state index in [-0.39, 0.29) is 18.6 Å². The second-order valence-electron chi connectivity index (χ2n) is 7.04. The third-order valence-electron chi connectivity index (χ3n) is 4.41. The monoisotopic (exact) mass is 503 g/mol. The summed E-state index contributed by atoms with van der Waals surface area (Å²) in [5.74, 6) is -3.88. The summed E-state index contributed by atoms with van der Waals surface area (Å²) in [7, 11) is 0. The van der Waals surface area contributed by atoms with Gasteiger partial charge in [0, 0.05) is 24.1 Å². The highest BCUT2D eigenvalue weighted by Gasteiger charge is 2.30. The second kappa shape index (κ2) is 14.4. The first-order chi connectivity index (χ1) is 15.6. The number of primary amides is 1. The Balaban J connectivity index is 3.00. The molecule has 9 N–H and O–H groups in total. The summed E-state index contributed by atoms with van der Waals surface area (Å²) in [4.78, 5) is 66.9. The second-order valence-corrected chi connectivity index (χ2v) is 8.39. The van der Waals surface area contributed by atoms with E-state index in [4.69, 9.17) is 11.5 Å². The molecule has 0 bridgehead atoms. The number of amides is 4. The number of nitrogens with two attached hydrogens (primary N) is 2. The van der Waals surface area contributed by atoms with Gasteiger partial charge in [0.25, 0.3) is 0 Å². The van der Waals surface area contributed by atoms with E-state index in [0.29, 0.717) is 11.4 Å². The van der Waals surface area contributed by atoms with Crippen molar-refractivity contribution in [2.24, 2.45) is 11.5 Å². The van der Waals surface area contributed by atoms with Crippen molar-refractivity contribution in [1.29, 1.82) is 0 Å². The predicted molar refractivity (Wildman–Crippen MR) is 124 cm³/mol. The normalized spacial score (nSPS) is 14.4. The molecule has 1 rings (SSSR count). The topological polar surface area (TPSA) is 222 Å². The van der Waals surface area contributed by atoms with Crippen LogP contribution in [0.1, 0.15) is 18.5 Å². The Hall–Kier alpha value is -2.78. The maximum Gasteiger partial charge on any atom is 0.327 e. The number of thiol groups is 1. The fourth-order valence-electron chi connectivity index (χ4n) is 2.65. The molecule has 0 aliphatic heterocycles. The Morgan fingerprint density at radius 2 is 1.73 bits per heavy atom. The number of nitrogens with one attached hydrogen (secondary N) is 4. The molecule has 4 unspecified atom stereocenters. The molecule has 4 amide bonds. The SMILES string of the molecule is CSCCC(NC(=O)C(N)CC(N)=O)C(=O)NC(Cc1cnc[nH]1)C(=O)NC(CS)C(=O)O. The maximum atomic E-state index is 13.0. The molecule has 0 radical (unpaired) electrons. The van der Waals surface area contributed by atoms with Crippen LogP contribution in [0.5, 0.6) is 0 Å². The van der Waals surface area contributed by atoms with Gasteiger partial charge in [-0.1, -0.05) is 0 Å². The number of nitrogens with zero attached hydrogens (tertiary/aromatic N) is 1. The van der Waals surface area contributed by atoms with Gasteiger partial charge in [-0.05, 0) is 18.4 Å². The highest BCUT2D eigenvalue weighted by atomic mass is 32.2. The molecule has 1 aromatic rings. The number of aromatic nitrogens is 2. The summed E-state index contributed by atoms with van der Waals surface area (Å²) in [5, 5.41) is 16.5. The van der Waals surface area contributed by atoms with E-state index in [1.54, 1.807) is 0 Å². The lowest BCUT2D eigenvalue weighted by Gasteiger charge is -2.24. The Kier molecular flexibility index (Phi) is 12.3. The Morgan fingerprint density at radius 3 is 2.24 bits per heavy atom. The number of carboxylic acids is 1. The Bertz CT molecular complexity index is 823. The summed E-state index contributed by atoms with van der Waals surface area (Å²) in [6.07, 6.45) is 4.47. The van der Waals surface area contributed by atoms with E-state index in [2.05, 4.69) is 38.5 Å². The van der Waals surface area contributed by atoms with Gasteiger partial charge in [-0.3, -0.25) is 19.2 Å². The highest BCUT2D eigenvalue weighted by Crippen LogP contribution is 2.05. The van der Waals surface area contributed by atoms with E-state index in [9.17, 15) is 29.1 Å². The molecule has 1 heterocycles. The maximum absolute atomic E-state index is 13.0. The van der Waals surface area contributed by atoms with Crippen molar-refractivity contribution < 1.29 is 29.1 Å². The molecule has 4 atom stereocenters. The van der Waals surface area contributed by atoms with E-state index >= 15 is 0 Å². The molecule has 0 saturated heterocycles. The third kappa shape index (κ3) is 10.1. The zero-order valence-corrected chi connectivity index (χ0v) is 19.7. The van der Waals surface area contributed by atoms with E-state index in [1.807, 2.05) is 6.26 Å². The van der Waals surface area contributed by atoms with Gasteiger partial charge in [-0.25, -0.2) is 9.78 Å². The zero-order valence-electron chi connectivity index (χ0n) is 17.9. The molecule has 0 spiro atoms. The molecular weight excluding hydrogens is 474 g/mol. The van der Waals surface area contributed by atoms with Crippen LogP contribution < -0.4 is 27.4 Å². The fourth-order valence-corrected chi connectivity index (χ4v) is 3.37. The van der Waals surface area contributed by atoms with E-state index in [0.717, 1.165) is 0 Å². The average Bonchev–Trinajstić information content (AvgIpc) is 3.26. The number of H-pyrrole nitrogens is 1. The summed E-state index contributed by atoms with van der Waals surface area (Å²) >= 11 is 5.35. The number of aromatic amines is 1. The number of carboxylic acid groups (broad SMARTS) is 1. The predicted octanol–water partition coefficient (Wildman–Crippen LogP) is -2.62. The first kappa shape index (κ1) is 28.3. The molecule has 0 aromatic carbocycles. The largest absolute Gasteiger partial charge is 0.480 e. The molecule has 1 aromatic heterocycles. The van der Waals surface area contributed by atoms with Crippen LogP contribution in [-0.2, 0) is 30.4 Å². The van der Waals surface area contributed by atoms with Crippen molar-refractivity contribution in [3.05, 3.63) is 18.2 Å². The summed E-state index contributed by atoms with van der Waals surface area (Å²) in [6.45, 7) is 0. The van der Waals surface area contributed by atoms with Crippen molar-refractivity contribution in [3.63, 3.8) is 0 Å². The third-order valence-corrected chi connectivity index (χ3v) is 5.42. The van der Waals surface area contributed by atoms with Crippen molar-refractivity contribution in [2.75, 3.05) is 17.8 Å². The molecule has 0 fully saturated rings. The lowest BCUT2D eigenvalue weighted by molar-refractivity contribution is -0.141. The standard InChI is InChI=1S/C18H29N7O6S2/c1-33-3-2-11(23-15(27)10(19)5-14(20)26)16(28)24-12(4-9-6-21-8-22-9)17(29)25-13(7-32)18(30)31/h6,8,10-13,32H,2-5,7,19H2,1H3,(H2,20,26)(H,21,22)(H,23,27)(H,24,28)(H,25,29)(H,30,31).